The van der Waals surface area contributed by atoms with Crippen molar-refractivity contribution >= 4 is 21.6 Å². The molecule has 3 N–H and O–H groups in total. The Morgan fingerprint density at radius 3 is 2.76 bits per heavy atom. The van der Waals surface area contributed by atoms with Crippen molar-refractivity contribution in [3.8, 4) is 0 Å². The van der Waals surface area contributed by atoms with Crippen LogP contribution in [0.3, 0.4) is 0 Å². The highest BCUT2D eigenvalue weighted by Crippen LogP contribution is 2.12. The highest BCUT2D eigenvalue weighted by Gasteiger charge is 2.13. The SMILES string of the molecule is CCS(=O)(=O)Nc1ccc(C(=O)NCc2cc3n(n2)CCNC3)cc1. The first-order valence-electron chi connectivity index (χ1n) is 8.12. The summed E-state index contributed by atoms with van der Waals surface area (Å²) in [6.07, 6.45) is 0. The van der Waals surface area contributed by atoms with Gasteiger partial charge in [-0.1, -0.05) is 0 Å². The lowest BCUT2D eigenvalue weighted by Crippen LogP contribution is -2.28. The van der Waals surface area contributed by atoms with Crippen molar-refractivity contribution in [2.24, 2.45) is 0 Å². The van der Waals surface area contributed by atoms with E-state index in [4.69, 9.17) is 0 Å². The first kappa shape index (κ1) is 17.4. The van der Waals surface area contributed by atoms with Gasteiger partial charge in [0.2, 0.25) is 10.0 Å². The van der Waals surface area contributed by atoms with Gasteiger partial charge in [0.05, 0.1) is 30.2 Å². The van der Waals surface area contributed by atoms with Gasteiger partial charge in [0.15, 0.2) is 0 Å². The smallest absolute Gasteiger partial charge is 0.251 e. The number of nitrogens with one attached hydrogen (secondary N) is 3. The average molecular weight is 363 g/mol. The molecule has 2 heterocycles. The molecule has 0 radical (unpaired) electrons. The fraction of sp³-hybridized carbons (Fsp3) is 0.375. The zero-order chi connectivity index (χ0) is 17.9. The first-order chi connectivity index (χ1) is 12.0. The van der Waals surface area contributed by atoms with Crippen molar-refractivity contribution in [2.45, 2.75) is 26.6 Å². The second-order valence-electron chi connectivity index (χ2n) is 5.79. The molecule has 0 atom stereocenters. The molecule has 1 aliphatic rings. The summed E-state index contributed by atoms with van der Waals surface area (Å²) in [4.78, 5) is 12.2. The van der Waals surface area contributed by atoms with Crippen molar-refractivity contribution in [1.29, 1.82) is 0 Å². The molecule has 3 rings (SSSR count). The summed E-state index contributed by atoms with van der Waals surface area (Å²) in [7, 11) is -3.32. The maximum absolute atomic E-state index is 12.2. The molecule has 0 saturated carbocycles. The lowest BCUT2D eigenvalue weighted by atomic mass is 10.2. The van der Waals surface area contributed by atoms with Crippen LogP contribution in [0.15, 0.2) is 30.3 Å². The van der Waals surface area contributed by atoms with Gasteiger partial charge in [-0.2, -0.15) is 5.10 Å². The quantitative estimate of drug-likeness (QED) is 0.700. The minimum atomic E-state index is -3.32. The summed E-state index contributed by atoms with van der Waals surface area (Å²) in [5.41, 5.74) is 2.83. The van der Waals surface area contributed by atoms with Gasteiger partial charge in [0.25, 0.3) is 5.91 Å². The summed E-state index contributed by atoms with van der Waals surface area (Å²) in [6, 6.07) is 8.30. The van der Waals surface area contributed by atoms with Crippen LogP contribution in [0.1, 0.15) is 28.7 Å². The molecule has 2 aromatic rings. The molecule has 25 heavy (non-hydrogen) atoms. The number of amides is 1. The second-order valence-corrected chi connectivity index (χ2v) is 7.80. The Balaban J connectivity index is 1.58. The fourth-order valence-electron chi connectivity index (χ4n) is 2.55. The molecule has 1 aliphatic heterocycles. The van der Waals surface area contributed by atoms with Crippen molar-refractivity contribution in [3.63, 3.8) is 0 Å². The van der Waals surface area contributed by atoms with E-state index in [0.717, 1.165) is 31.0 Å². The predicted molar refractivity (Wildman–Crippen MR) is 94.6 cm³/mol. The number of aromatic nitrogens is 2. The fourth-order valence-corrected chi connectivity index (χ4v) is 3.19. The van der Waals surface area contributed by atoms with Gasteiger partial charge in [-0.15, -0.1) is 0 Å². The first-order valence-corrected chi connectivity index (χ1v) is 9.77. The minimum absolute atomic E-state index is 0.000602. The third kappa shape index (κ3) is 4.37. The number of sulfonamides is 1. The molecular weight excluding hydrogens is 342 g/mol. The van der Waals surface area contributed by atoms with E-state index in [1.54, 1.807) is 31.2 Å². The van der Waals surface area contributed by atoms with Gasteiger partial charge in [0, 0.05) is 24.3 Å². The normalized spacial score (nSPS) is 14.0. The number of hydrogen-bond donors (Lipinski definition) is 3. The molecule has 9 heteroatoms. The molecule has 0 bridgehead atoms. The highest BCUT2D eigenvalue weighted by molar-refractivity contribution is 7.92. The van der Waals surface area contributed by atoms with Gasteiger partial charge in [-0.05, 0) is 37.3 Å². The van der Waals surface area contributed by atoms with Crippen molar-refractivity contribution in [2.75, 3.05) is 17.0 Å². The Labute approximate surface area is 146 Å². The molecule has 8 nitrogen and oxygen atoms in total. The number of nitrogens with zero attached hydrogens (tertiary/aromatic N) is 2. The van der Waals surface area contributed by atoms with Gasteiger partial charge in [-0.3, -0.25) is 14.2 Å². The van der Waals surface area contributed by atoms with E-state index in [2.05, 4.69) is 20.5 Å². The molecule has 0 saturated heterocycles. The Morgan fingerprint density at radius 1 is 1.32 bits per heavy atom. The standard InChI is InChI=1S/C16H21N5O3S/c1-2-25(23,24)20-13-5-3-12(4-6-13)16(22)18-10-14-9-15-11-17-7-8-21(15)19-14/h3-6,9,17,20H,2,7-8,10-11H2,1H3,(H,18,22). The molecule has 0 fully saturated rings. The highest BCUT2D eigenvalue weighted by atomic mass is 32.2. The van der Waals surface area contributed by atoms with Crippen molar-refractivity contribution < 1.29 is 13.2 Å². The molecule has 0 spiro atoms. The molecular formula is C16H21N5O3S. The minimum Gasteiger partial charge on any atom is -0.346 e. The van der Waals surface area contributed by atoms with E-state index in [0.29, 0.717) is 17.8 Å². The Hall–Kier alpha value is -2.39. The van der Waals surface area contributed by atoms with Crippen LogP contribution in [0.5, 0.6) is 0 Å². The molecule has 0 aliphatic carbocycles. The van der Waals surface area contributed by atoms with Crippen LogP contribution in [-0.2, 0) is 29.7 Å². The lowest BCUT2D eigenvalue weighted by molar-refractivity contribution is 0.0950. The Bertz CT molecular complexity index is 835. The number of carbonyl (C=O) groups excluding carboxylic acids is 1. The molecule has 1 aromatic carbocycles. The zero-order valence-electron chi connectivity index (χ0n) is 13.9. The summed E-state index contributed by atoms with van der Waals surface area (Å²) < 4.78 is 27.4. The molecule has 0 unspecified atom stereocenters. The van der Waals surface area contributed by atoms with E-state index in [9.17, 15) is 13.2 Å². The summed E-state index contributed by atoms with van der Waals surface area (Å²) in [5.74, 6) is -0.228. The van der Waals surface area contributed by atoms with Crippen LogP contribution in [0.25, 0.3) is 0 Å². The number of benzene rings is 1. The molecule has 1 aromatic heterocycles. The second kappa shape index (κ2) is 7.24. The van der Waals surface area contributed by atoms with Gasteiger partial charge >= 0.3 is 0 Å². The van der Waals surface area contributed by atoms with Crippen LogP contribution in [0.2, 0.25) is 0 Å². The van der Waals surface area contributed by atoms with Crippen LogP contribution in [0.4, 0.5) is 5.69 Å². The monoisotopic (exact) mass is 363 g/mol. The number of hydrogen-bond acceptors (Lipinski definition) is 5. The van der Waals surface area contributed by atoms with Crippen molar-refractivity contribution in [3.05, 3.63) is 47.3 Å². The largest absolute Gasteiger partial charge is 0.346 e. The molecule has 1 amide bonds. The summed E-state index contributed by atoms with van der Waals surface area (Å²) in [6.45, 7) is 4.43. The van der Waals surface area contributed by atoms with E-state index in [1.807, 2.05) is 10.7 Å². The summed E-state index contributed by atoms with van der Waals surface area (Å²) in [5, 5.41) is 10.6. The predicted octanol–water partition coefficient (Wildman–Crippen LogP) is 0.678. The average Bonchev–Trinajstić information content (AvgIpc) is 3.03. The van der Waals surface area contributed by atoms with Gasteiger partial charge in [0.1, 0.15) is 0 Å². The van der Waals surface area contributed by atoms with E-state index < -0.39 is 10.0 Å². The van der Waals surface area contributed by atoms with Crippen LogP contribution >= 0.6 is 0 Å². The number of fused-ring (bicyclic) bond motifs is 1. The van der Waals surface area contributed by atoms with E-state index in [1.165, 1.54) is 0 Å². The summed E-state index contributed by atoms with van der Waals surface area (Å²) >= 11 is 0. The van der Waals surface area contributed by atoms with Gasteiger partial charge in [-0.25, -0.2) is 8.42 Å². The zero-order valence-corrected chi connectivity index (χ0v) is 14.8. The maximum atomic E-state index is 12.2. The number of anilines is 1. The topological polar surface area (TPSA) is 105 Å². The Morgan fingerprint density at radius 2 is 2.08 bits per heavy atom. The number of rotatable bonds is 6. The van der Waals surface area contributed by atoms with Gasteiger partial charge < -0.3 is 10.6 Å². The number of carbonyl (C=O) groups is 1. The van der Waals surface area contributed by atoms with E-state index in [-0.39, 0.29) is 11.7 Å². The van der Waals surface area contributed by atoms with Crippen LogP contribution in [-0.4, -0.2) is 36.4 Å². The third-order valence-corrected chi connectivity index (χ3v) is 5.26. The van der Waals surface area contributed by atoms with Crippen LogP contribution in [0, 0.1) is 0 Å². The van der Waals surface area contributed by atoms with Crippen molar-refractivity contribution in [1.82, 2.24) is 20.4 Å². The van der Waals surface area contributed by atoms with Crippen LogP contribution < -0.4 is 15.4 Å². The maximum Gasteiger partial charge on any atom is 0.251 e. The van der Waals surface area contributed by atoms with E-state index >= 15 is 0 Å². The third-order valence-electron chi connectivity index (χ3n) is 3.95. The lowest BCUT2D eigenvalue weighted by Gasteiger charge is -2.13. The molecule has 134 valence electrons. The Kier molecular flexibility index (Phi) is 5.05.